The largest absolute Gasteiger partial charge is 0.477 e. The van der Waals surface area contributed by atoms with E-state index in [9.17, 15) is 0 Å². The van der Waals surface area contributed by atoms with Crippen molar-refractivity contribution in [1.29, 1.82) is 0 Å². The highest BCUT2D eigenvalue weighted by Gasteiger charge is 2.03. The molecular formula is C6H9BrN4O. The smallest absolute Gasteiger partial charge is 0.240 e. The Labute approximate surface area is 78.4 Å². The maximum Gasteiger partial charge on any atom is 0.240 e. The van der Waals surface area contributed by atoms with Crippen LogP contribution in [0, 0.1) is 0 Å². The van der Waals surface area contributed by atoms with Gasteiger partial charge in [-0.3, -0.25) is 5.43 Å². The lowest BCUT2D eigenvalue weighted by atomic mass is 10.6. The predicted octanol–water partition coefficient (Wildman–Crippen LogP) is 0.923. The first-order chi connectivity index (χ1) is 5.77. The van der Waals surface area contributed by atoms with Crippen molar-refractivity contribution in [1.82, 2.24) is 9.97 Å². The van der Waals surface area contributed by atoms with Gasteiger partial charge in [0.2, 0.25) is 11.8 Å². The lowest BCUT2D eigenvalue weighted by molar-refractivity contribution is 0.324. The van der Waals surface area contributed by atoms with Crippen LogP contribution in [-0.2, 0) is 0 Å². The van der Waals surface area contributed by atoms with E-state index in [4.69, 9.17) is 10.6 Å². The van der Waals surface area contributed by atoms with Gasteiger partial charge < -0.3 is 4.74 Å². The molecule has 3 N–H and O–H groups in total. The molecule has 66 valence electrons. The number of aromatic nitrogens is 2. The highest BCUT2D eigenvalue weighted by molar-refractivity contribution is 9.10. The molecule has 0 aromatic carbocycles. The van der Waals surface area contributed by atoms with Gasteiger partial charge in [-0.2, -0.15) is 4.98 Å². The van der Waals surface area contributed by atoms with E-state index in [1.165, 1.54) is 0 Å². The number of ether oxygens (including phenoxy) is 1. The van der Waals surface area contributed by atoms with E-state index in [-0.39, 0.29) is 0 Å². The second kappa shape index (κ2) is 4.22. The zero-order chi connectivity index (χ0) is 8.97. The van der Waals surface area contributed by atoms with E-state index < -0.39 is 0 Å². The van der Waals surface area contributed by atoms with Crippen LogP contribution in [0.4, 0.5) is 5.95 Å². The van der Waals surface area contributed by atoms with Crippen molar-refractivity contribution in [3.63, 3.8) is 0 Å². The predicted molar refractivity (Wildman–Crippen MR) is 48.7 cm³/mol. The van der Waals surface area contributed by atoms with Crippen molar-refractivity contribution in [2.75, 3.05) is 12.0 Å². The van der Waals surface area contributed by atoms with Gasteiger partial charge in [0.1, 0.15) is 0 Å². The summed E-state index contributed by atoms with van der Waals surface area (Å²) in [5.74, 6) is 5.94. The lowest BCUT2D eigenvalue weighted by Gasteiger charge is -2.04. The first kappa shape index (κ1) is 9.21. The number of anilines is 1. The van der Waals surface area contributed by atoms with Crippen LogP contribution in [0.2, 0.25) is 0 Å². The summed E-state index contributed by atoms with van der Waals surface area (Å²) in [7, 11) is 0. The quantitative estimate of drug-likeness (QED) is 0.600. The third-order valence-electron chi connectivity index (χ3n) is 1.12. The Kier molecular flexibility index (Phi) is 3.24. The van der Waals surface area contributed by atoms with Crippen LogP contribution in [0.3, 0.4) is 0 Å². The van der Waals surface area contributed by atoms with Crippen molar-refractivity contribution < 1.29 is 4.74 Å². The molecule has 12 heavy (non-hydrogen) atoms. The zero-order valence-corrected chi connectivity index (χ0v) is 8.13. The van der Waals surface area contributed by atoms with Crippen LogP contribution < -0.4 is 16.0 Å². The molecular weight excluding hydrogens is 224 g/mol. The van der Waals surface area contributed by atoms with Crippen LogP contribution >= 0.6 is 15.9 Å². The molecule has 0 aliphatic rings. The average molecular weight is 233 g/mol. The molecule has 1 heterocycles. The number of rotatable bonds is 3. The van der Waals surface area contributed by atoms with Gasteiger partial charge >= 0.3 is 0 Å². The molecule has 1 rings (SSSR count). The summed E-state index contributed by atoms with van der Waals surface area (Å²) in [4.78, 5) is 7.83. The number of nitrogens with one attached hydrogen (secondary N) is 1. The van der Waals surface area contributed by atoms with Gasteiger partial charge in [0.25, 0.3) is 0 Å². The molecule has 0 fully saturated rings. The summed E-state index contributed by atoms with van der Waals surface area (Å²) >= 11 is 3.24. The first-order valence-electron chi connectivity index (χ1n) is 3.40. The molecule has 6 heteroatoms. The molecule has 1 aromatic heterocycles. The highest BCUT2D eigenvalue weighted by Crippen LogP contribution is 2.21. The van der Waals surface area contributed by atoms with Gasteiger partial charge in [0, 0.05) is 0 Å². The maximum atomic E-state index is 5.19. The molecule has 1 aromatic rings. The minimum Gasteiger partial charge on any atom is -0.477 e. The lowest BCUT2D eigenvalue weighted by Crippen LogP contribution is -2.11. The van der Waals surface area contributed by atoms with Crippen molar-refractivity contribution >= 4 is 21.9 Å². The van der Waals surface area contributed by atoms with Gasteiger partial charge in [-0.05, 0) is 22.9 Å². The second-order valence-corrected chi connectivity index (χ2v) is 2.78. The Hall–Kier alpha value is -0.880. The SMILES string of the molecule is CCOc1nc(NN)ncc1Br. The Morgan fingerprint density at radius 3 is 3.08 bits per heavy atom. The standard InChI is InChI=1S/C6H9BrN4O/c1-2-12-5-4(7)3-9-6(10-5)11-8/h3H,2,8H2,1H3,(H,9,10,11). The molecule has 5 nitrogen and oxygen atoms in total. The number of halogens is 1. The summed E-state index contributed by atoms with van der Waals surface area (Å²) in [6, 6.07) is 0. The molecule has 0 saturated heterocycles. The molecule has 0 amide bonds. The highest BCUT2D eigenvalue weighted by atomic mass is 79.9. The van der Waals surface area contributed by atoms with Gasteiger partial charge in [0.15, 0.2) is 0 Å². The van der Waals surface area contributed by atoms with Gasteiger partial charge in [-0.25, -0.2) is 10.8 Å². The number of hydrogen-bond acceptors (Lipinski definition) is 5. The second-order valence-electron chi connectivity index (χ2n) is 1.92. The molecule has 0 aliphatic heterocycles. The van der Waals surface area contributed by atoms with E-state index in [2.05, 4.69) is 31.3 Å². The van der Waals surface area contributed by atoms with Gasteiger partial charge in [-0.15, -0.1) is 0 Å². The maximum absolute atomic E-state index is 5.19. The van der Waals surface area contributed by atoms with E-state index in [1.54, 1.807) is 6.20 Å². The summed E-state index contributed by atoms with van der Waals surface area (Å²) in [6.45, 7) is 2.43. The normalized spacial score (nSPS) is 9.58. The summed E-state index contributed by atoms with van der Waals surface area (Å²) in [5, 5.41) is 0. The topological polar surface area (TPSA) is 73.1 Å². The van der Waals surface area contributed by atoms with Gasteiger partial charge in [0.05, 0.1) is 17.3 Å². The van der Waals surface area contributed by atoms with Crippen LogP contribution in [-0.4, -0.2) is 16.6 Å². The van der Waals surface area contributed by atoms with E-state index in [0.29, 0.717) is 22.9 Å². The molecule has 0 radical (unpaired) electrons. The minimum atomic E-state index is 0.335. The summed E-state index contributed by atoms with van der Waals surface area (Å²) < 4.78 is 5.90. The molecule has 0 aliphatic carbocycles. The number of hydrazine groups is 1. The van der Waals surface area contributed by atoms with E-state index >= 15 is 0 Å². The fourth-order valence-electron chi connectivity index (χ4n) is 0.659. The number of nitrogens with zero attached hydrogens (tertiary/aromatic N) is 2. The Bertz CT molecular complexity index is 268. The van der Waals surface area contributed by atoms with Crippen molar-refractivity contribution in [3.8, 4) is 5.88 Å². The van der Waals surface area contributed by atoms with E-state index in [0.717, 1.165) is 0 Å². The number of nitrogen functional groups attached to an aromatic ring is 1. The van der Waals surface area contributed by atoms with Crippen LogP contribution in [0.15, 0.2) is 10.7 Å². The van der Waals surface area contributed by atoms with E-state index in [1.807, 2.05) is 6.92 Å². The Morgan fingerprint density at radius 1 is 1.75 bits per heavy atom. The summed E-state index contributed by atoms with van der Waals surface area (Å²) in [5.41, 5.74) is 2.33. The third-order valence-corrected chi connectivity index (χ3v) is 1.67. The molecule has 0 spiro atoms. The van der Waals surface area contributed by atoms with Crippen molar-refractivity contribution in [2.45, 2.75) is 6.92 Å². The van der Waals surface area contributed by atoms with Crippen LogP contribution in [0.1, 0.15) is 6.92 Å². The molecule has 0 bridgehead atoms. The zero-order valence-electron chi connectivity index (χ0n) is 6.54. The van der Waals surface area contributed by atoms with Crippen LogP contribution in [0.5, 0.6) is 5.88 Å². The number of hydrogen-bond donors (Lipinski definition) is 2. The fraction of sp³-hybridized carbons (Fsp3) is 0.333. The first-order valence-corrected chi connectivity index (χ1v) is 4.19. The van der Waals surface area contributed by atoms with Crippen molar-refractivity contribution in [3.05, 3.63) is 10.7 Å². The average Bonchev–Trinajstić information content (AvgIpc) is 2.09. The monoisotopic (exact) mass is 232 g/mol. The minimum absolute atomic E-state index is 0.335. The van der Waals surface area contributed by atoms with Crippen LogP contribution in [0.25, 0.3) is 0 Å². The summed E-state index contributed by atoms with van der Waals surface area (Å²) in [6.07, 6.45) is 1.58. The van der Waals surface area contributed by atoms with Crippen molar-refractivity contribution in [2.24, 2.45) is 5.84 Å². The molecule has 0 unspecified atom stereocenters. The molecule has 0 saturated carbocycles. The third kappa shape index (κ3) is 2.05. The Balaban J connectivity index is 2.91. The Morgan fingerprint density at radius 2 is 2.50 bits per heavy atom. The number of nitrogens with two attached hydrogens (primary N) is 1. The molecule has 0 atom stereocenters. The van der Waals surface area contributed by atoms with Gasteiger partial charge in [-0.1, -0.05) is 0 Å². The fourth-order valence-corrected chi connectivity index (χ4v) is 0.964.